The molecule has 0 saturated heterocycles. The smallest absolute Gasteiger partial charge is 0.348 e. The van der Waals surface area contributed by atoms with Crippen LogP contribution in [0.25, 0.3) is 6.08 Å². The van der Waals surface area contributed by atoms with E-state index in [0.29, 0.717) is 24.8 Å². The number of carbonyl (C=O) groups excluding carboxylic acids is 1. The van der Waals surface area contributed by atoms with Crippen molar-refractivity contribution in [3.05, 3.63) is 35.4 Å². The van der Waals surface area contributed by atoms with Gasteiger partial charge in [-0.25, -0.2) is 4.79 Å². The molecule has 0 amide bonds. The van der Waals surface area contributed by atoms with Gasteiger partial charge in [-0.2, -0.15) is 5.26 Å². The minimum absolute atomic E-state index is 0.0204. The van der Waals surface area contributed by atoms with Gasteiger partial charge in [0.05, 0.1) is 6.61 Å². The highest BCUT2D eigenvalue weighted by atomic mass is 35.5. The van der Waals surface area contributed by atoms with Crippen LogP contribution in [0.3, 0.4) is 0 Å². The lowest BCUT2D eigenvalue weighted by Crippen LogP contribution is -2.27. The molecule has 1 aromatic rings. The topological polar surface area (TPSA) is 53.3 Å². The van der Waals surface area contributed by atoms with E-state index in [1.165, 1.54) is 6.08 Å². The summed E-state index contributed by atoms with van der Waals surface area (Å²) in [5, 5.41) is 9.01. The Balaban J connectivity index is 2.91. The highest BCUT2D eigenvalue weighted by Gasteiger charge is 2.10. The molecule has 0 fully saturated rings. The zero-order valence-corrected chi connectivity index (χ0v) is 13.9. The number of ether oxygens (including phenoxy) is 1. The lowest BCUT2D eigenvalue weighted by atomic mass is 10.1. The molecule has 0 spiro atoms. The first kappa shape index (κ1) is 18.3. The molecule has 1 aromatic carbocycles. The van der Waals surface area contributed by atoms with Crippen molar-refractivity contribution in [3.8, 4) is 6.07 Å². The maximum Gasteiger partial charge on any atom is 0.348 e. The monoisotopic (exact) mass is 340 g/mol. The van der Waals surface area contributed by atoms with Gasteiger partial charge in [-0.05, 0) is 30.7 Å². The van der Waals surface area contributed by atoms with Gasteiger partial charge in [0.15, 0.2) is 0 Å². The Bertz CT molecular complexity index is 544. The zero-order valence-electron chi connectivity index (χ0n) is 12.4. The van der Waals surface area contributed by atoms with Crippen molar-refractivity contribution in [3.63, 3.8) is 0 Å². The maximum atomic E-state index is 11.6. The summed E-state index contributed by atoms with van der Waals surface area (Å²) in [6.07, 6.45) is 1.51. The van der Waals surface area contributed by atoms with Gasteiger partial charge in [-0.3, -0.25) is 0 Å². The molecule has 0 N–H and O–H groups in total. The molecule has 0 aliphatic rings. The van der Waals surface area contributed by atoms with Crippen molar-refractivity contribution in [1.29, 1.82) is 5.26 Å². The number of hydrogen-bond acceptors (Lipinski definition) is 4. The number of esters is 1. The van der Waals surface area contributed by atoms with Crippen molar-refractivity contribution < 1.29 is 9.53 Å². The number of hydrogen-bond donors (Lipinski definition) is 0. The van der Waals surface area contributed by atoms with E-state index in [0.717, 1.165) is 11.3 Å². The van der Waals surface area contributed by atoms with E-state index in [2.05, 4.69) is 4.90 Å². The summed E-state index contributed by atoms with van der Waals surface area (Å²) in [5.41, 5.74) is 1.73. The maximum absolute atomic E-state index is 11.6. The largest absolute Gasteiger partial charge is 0.462 e. The van der Waals surface area contributed by atoms with Crippen LogP contribution in [0.1, 0.15) is 12.5 Å². The third-order valence-corrected chi connectivity index (χ3v) is 3.23. The van der Waals surface area contributed by atoms with E-state index < -0.39 is 5.97 Å². The van der Waals surface area contributed by atoms with E-state index in [1.54, 1.807) is 6.92 Å². The summed E-state index contributed by atoms with van der Waals surface area (Å²) in [6.45, 7) is 3.35. The molecule has 0 aliphatic heterocycles. The molecule has 6 heteroatoms. The summed E-state index contributed by atoms with van der Waals surface area (Å²) in [6, 6.07) is 9.34. The minimum atomic E-state index is -0.611. The Labute approximate surface area is 140 Å². The molecule has 0 atom stereocenters. The van der Waals surface area contributed by atoms with Gasteiger partial charge < -0.3 is 9.64 Å². The van der Waals surface area contributed by atoms with Crippen LogP contribution in [-0.2, 0) is 9.53 Å². The second-order valence-corrected chi connectivity index (χ2v) is 5.10. The Morgan fingerprint density at radius 1 is 1.27 bits per heavy atom. The standard InChI is InChI=1S/C16H18Cl2N2O2/c1-2-22-16(21)14(12-19)11-13-3-5-15(6-4-13)20(9-7-17)10-8-18/h3-6,11H,2,7-10H2,1H3/b14-11-. The van der Waals surface area contributed by atoms with Gasteiger partial charge in [0, 0.05) is 30.5 Å². The Kier molecular flexibility index (Phi) is 8.42. The van der Waals surface area contributed by atoms with Crippen molar-refractivity contribution in [1.82, 2.24) is 0 Å². The molecule has 0 aromatic heterocycles. The van der Waals surface area contributed by atoms with Gasteiger partial charge in [-0.1, -0.05) is 12.1 Å². The molecule has 1 rings (SSSR count). The molecule has 118 valence electrons. The first-order chi connectivity index (χ1) is 10.7. The molecule has 0 aliphatic carbocycles. The number of alkyl halides is 2. The van der Waals surface area contributed by atoms with E-state index in [4.69, 9.17) is 33.2 Å². The number of halogens is 2. The first-order valence-electron chi connectivity index (χ1n) is 6.92. The summed E-state index contributed by atoms with van der Waals surface area (Å²) in [4.78, 5) is 13.6. The van der Waals surface area contributed by atoms with Crippen molar-refractivity contribution in [2.45, 2.75) is 6.92 Å². The van der Waals surface area contributed by atoms with Crippen LogP contribution in [0.4, 0.5) is 5.69 Å². The minimum Gasteiger partial charge on any atom is -0.462 e. The zero-order chi connectivity index (χ0) is 16.4. The third-order valence-electron chi connectivity index (χ3n) is 2.89. The van der Waals surface area contributed by atoms with Crippen LogP contribution in [-0.4, -0.2) is 37.4 Å². The van der Waals surface area contributed by atoms with Crippen LogP contribution < -0.4 is 4.90 Å². The van der Waals surface area contributed by atoms with E-state index >= 15 is 0 Å². The quantitative estimate of drug-likeness (QED) is 0.315. The second-order valence-electron chi connectivity index (χ2n) is 4.35. The molecular formula is C16H18Cl2N2O2. The van der Waals surface area contributed by atoms with Gasteiger partial charge in [0.2, 0.25) is 0 Å². The Hall–Kier alpha value is -1.70. The van der Waals surface area contributed by atoms with Crippen LogP contribution in [0.15, 0.2) is 29.8 Å². The second kappa shape index (κ2) is 10.1. The summed E-state index contributed by atoms with van der Waals surface area (Å²) >= 11 is 11.6. The fraction of sp³-hybridized carbons (Fsp3) is 0.375. The van der Waals surface area contributed by atoms with Crippen LogP contribution in [0, 0.1) is 11.3 Å². The fourth-order valence-corrected chi connectivity index (χ4v) is 2.28. The van der Waals surface area contributed by atoms with E-state index in [1.807, 2.05) is 30.3 Å². The number of rotatable bonds is 8. The van der Waals surface area contributed by atoms with Crippen LogP contribution >= 0.6 is 23.2 Å². The molecule has 0 saturated carbocycles. The van der Waals surface area contributed by atoms with Crippen molar-refractivity contribution in [2.75, 3.05) is 36.4 Å². The van der Waals surface area contributed by atoms with Crippen molar-refractivity contribution >= 4 is 40.9 Å². The molecule has 22 heavy (non-hydrogen) atoms. The molecule has 0 bridgehead atoms. The number of benzene rings is 1. The molecule has 4 nitrogen and oxygen atoms in total. The van der Waals surface area contributed by atoms with Gasteiger partial charge in [0.25, 0.3) is 0 Å². The SMILES string of the molecule is CCOC(=O)/C(C#N)=C\c1ccc(N(CCCl)CCCl)cc1. The molecular weight excluding hydrogens is 323 g/mol. The Morgan fingerprint density at radius 2 is 1.86 bits per heavy atom. The fourth-order valence-electron chi connectivity index (χ4n) is 1.87. The lowest BCUT2D eigenvalue weighted by molar-refractivity contribution is -0.137. The van der Waals surface area contributed by atoms with Gasteiger partial charge in [-0.15, -0.1) is 23.2 Å². The predicted molar refractivity (Wildman–Crippen MR) is 90.3 cm³/mol. The number of nitriles is 1. The number of carbonyl (C=O) groups is 1. The van der Waals surface area contributed by atoms with E-state index in [-0.39, 0.29) is 12.2 Å². The summed E-state index contributed by atoms with van der Waals surface area (Å²) < 4.78 is 4.83. The molecule has 0 heterocycles. The Morgan fingerprint density at radius 3 is 2.32 bits per heavy atom. The number of nitrogens with zero attached hydrogens (tertiary/aromatic N) is 2. The van der Waals surface area contributed by atoms with Gasteiger partial charge >= 0.3 is 5.97 Å². The summed E-state index contributed by atoms with van der Waals surface area (Å²) in [7, 11) is 0. The average molecular weight is 341 g/mol. The predicted octanol–water partition coefficient (Wildman–Crippen LogP) is 3.44. The average Bonchev–Trinajstić information content (AvgIpc) is 2.53. The third kappa shape index (κ3) is 5.59. The highest BCUT2D eigenvalue weighted by molar-refractivity contribution is 6.18. The number of anilines is 1. The first-order valence-corrected chi connectivity index (χ1v) is 7.99. The van der Waals surface area contributed by atoms with Gasteiger partial charge in [0.1, 0.15) is 11.6 Å². The molecule has 0 unspecified atom stereocenters. The van der Waals surface area contributed by atoms with Crippen LogP contribution in [0.2, 0.25) is 0 Å². The molecule has 0 radical (unpaired) electrons. The van der Waals surface area contributed by atoms with Crippen LogP contribution in [0.5, 0.6) is 0 Å². The normalized spacial score (nSPS) is 10.9. The summed E-state index contributed by atoms with van der Waals surface area (Å²) in [5.74, 6) is 0.417. The highest BCUT2D eigenvalue weighted by Crippen LogP contribution is 2.17. The van der Waals surface area contributed by atoms with E-state index in [9.17, 15) is 4.79 Å². The van der Waals surface area contributed by atoms with Crippen molar-refractivity contribution in [2.24, 2.45) is 0 Å². The lowest BCUT2D eigenvalue weighted by Gasteiger charge is -2.22.